The van der Waals surface area contributed by atoms with Crippen molar-refractivity contribution in [3.8, 4) is 5.75 Å². The van der Waals surface area contributed by atoms with Crippen LogP contribution in [0.4, 0.5) is 10.1 Å². The van der Waals surface area contributed by atoms with Gasteiger partial charge in [-0.3, -0.25) is 4.79 Å². The molecule has 0 unspecified atom stereocenters. The van der Waals surface area contributed by atoms with E-state index in [-0.39, 0.29) is 17.9 Å². The Bertz CT molecular complexity index is 601. The van der Waals surface area contributed by atoms with Gasteiger partial charge in [0.25, 0.3) is 0 Å². The van der Waals surface area contributed by atoms with E-state index >= 15 is 0 Å². The van der Waals surface area contributed by atoms with Crippen molar-refractivity contribution >= 4 is 11.6 Å². The summed E-state index contributed by atoms with van der Waals surface area (Å²) >= 11 is 0. The van der Waals surface area contributed by atoms with Gasteiger partial charge in [0.05, 0.1) is 18.2 Å². The van der Waals surface area contributed by atoms with E-state index in [2.05, 4.69) is 5.32 Å². The maximum atomic E-state index is 13.4. The van der Waals surface area contributed by atoms with E-state index in [0.717, 1.165) is 6.07 Å². The lowest BCUT2D eigenvalue weighted by Crippen LogP contribution is -2.16. The van der Waals surface area contributed by atoms with Crippen molar-refractivity contribution in [3.05, 3.63) is 59.9 Å². The van der Waals surface area contributed by atoms with Crippen molar-refractivity contribution in [1.29, 1.82) is 0 Å². The van der Waals surface area contributed by atoms with Crippen molar-refractivity contribution in [2.75, 3.05) is 5.32 Å². The Hall–Kier alpha value is -2.40. The second-order valence-electron chi connectivity index (χ2n) is 4.34. The predicted octanol–water partition coefficient (Wildman–Crippen LogP) is 2.59. The minimum Gasteiger partial charge on any atom is -0.508 e. The smallest absolute Gasteiger partial charge is 0.227 e. The first-order valence-corrected chi connectivity index (χ1v) is 6.07. The van der Waals surface area contributed by atoms with Crippen LogP contribution in [0.3, 0.4) is 0 Å². The van der Waals surface area contributed by atoms with Crippen molar-refractivity contribution in [2.24, 2.45) is 0 Å². The van der Waals surface area contributed by atoms with Gasteiger partial charge in [-0.25, -0.2) is 4.39 Å². The molecule has 0 saturated carbocycles. The first-order valence-electron chi connectivity index (χ1n) is 6.07. The summed E-state index contributed by atoms with van der Waals surface area (Å²) in [6.07, 6.45) is -1.12. The predicted molar refractivity (Wildman–Crippen MR) is 72.7 cm³/mol. The third kappa shape index (κ3) is 3.55. The Morgan fingerprint density at radius 2 is 1.90 bits per heavy atom. The molecule has 0 aliphatic carbocycles. The number of rotatable bonds is 4. The van der Waals surface area contributed by atoms with Crippen LogP contribution in [-0.2, 0) is 4.79 Å². The van der Waals surface area contributed by atoms with Gasteiger partial charge in [0.15, 0.2) is 0 Å². The zero-order chi connectivity index (χ0) is 14.5. The van der Waals surface area contributed by atoms with Crippen molar-refractivity contribution < 1.29 is 19.4 Å². The summed E-state index contributed by atoms with van der Waals surface area (Å²) in [5.74, 6) is -1.46. The minimum absolute atomic E-state index is 0.0342. The summed E-state index contributed by atoms with van der Waals surface area (Å²) in [6.45, 7) is 0. The molecule has 0 spiro atoms. The average molecular weight is 275 g/mol. The van der Waals surface area contributed by atoms with E-state index in [9.17, 15) is 14.3 Å². The number of phenolic OH excluding ortho intramolecular Hbond substituents is 1. The summed E-state index contributed by atoms with van der Waals surface area (Å²) in [7, 11) is 0. The molecule has 2 aromatic rings. The van der Waals surface area contributed by atoms with E-state index in [1.165, 1.54) is 12.1 Å². The zero-order valence-corrected chi connectivity index (χ0v) is 10.6. The number of hydrogen-bond donors (Lipinski definition) is 3. The first kappa shape index (κ1) is 14.0. The summed E-state index contributed by atoms with van der Waals surface area (Å²) < 4.78 is 13.4. The molecule has 0 aliphatic heterocycles. The van der Waals surface area contributed by atoms with Crippen LogP contribution in [0.25, 0.3) is 0 Å². The SMILES string of the molecule is O=C(C[C@@H](O)c1ccccc1)Nc1ccc(O)cc1F. The van der Waals surface area contributed by atoms with E-state index < -0.39 is 17.8 Å². The second kappa shape index (κ2) is 6.16. The highest BCUT2D eigenvalue weighted by Crippen LogP contribution is 2.21. The molecule has 0 aliphatic rings. The Morgan fingerprint density at radius 1 is 1.20 bits per heavy atom. The lowest BCUT2D eigenvalue weighted by molar-refractivity contribution is -0.118. The van der Waals surface area contributed by atoms with Crippen LogP contribution < -0.4 is 5.32 Å². The molecule has 1 atom stereocenters. The number of hydrogen-bond acceptors (Lipinski definition) is 3. The Labute approximate surface area is 115 Å². The molecule has 0 aromatic heterocycles. The van der Waals surface area contributed by atoms with Crippen molar-refractivity contribution in [3.63, 3.8) is 0 Å². The topological polar surface area (TPSA) is 69.6 Å². The maximum absolute atomic E-state index is 13.4. The molecule has 1 amide bonds. The number of anilines is 1. The van der Waals surface area contributed by atoms with Crippen molar-refractivity contribution in [2.45, 2.75) is 12.5 Å². The van der Waals surface area contributed by atoms with Gasteiger partial charge in [0.2, 0.25) is 5.91 Å². The quantitative estimate of drug-likeness (QED) is 0.751. The fourth-order valence-electron chi connectivity index (χ4n) is 1.78. The Morgan fingerprint density at radius 3 is 2.55 bits per heavy atom. The molecule has 2 rings (SSSR count). The first-order chi connectivity index (χ1) is 9.56. The van der Waals surface area contributed by atoms with Crippen LogP contribution in [0.5, 0.6) is 5.75 Å². The molecule has 4 nitrogen and oxygen atoms in total. The normalized spacial score (nSPS) is 11.9. The van der Waals surface area contributed by atoms with Crippen LogP contribution in [0.1, 0.15) is 18.1 Å². The van der Waals surface area contributed by atoms with Crippen LogP contribution in [0.15, 0.2) is 48.5 Å². The molecular formula is C15H14FNO3. The highest BCUT2D eigenvalue weighted by Gasteiger charge is 2.14. The second-order valence-corrected chi connectivity index (χ2v) is 4.34. The van der Waals surface area contributed by atoms with E-state index in [4.69, 9.17) is 5.11 Å². The number of phenols is 1. The molecule has 0 heterocycles. The fourth-order valence-corrected chi connectivity index (χ4v) is 1.78. The molecule has 0 saturated heterocycles. The third-order valence-electron chi connectivity index (χ3n) is 2.79. The van der Waals surface area contributed by atoms with E-state index in [1.807, 2.05) is 6.07 Å². The number of amides is 1. The highest BCUT2D eigenvalue weighted by atomic mass is 19.1. The van der Waals surface area contributed by atoms with Gasteiger partial charge in [-0.2, -0.15) is 0 Å². The summed E-state index contributed by atoms with van der Waals surface area (Å²) in [5, 5.41) is 21.3. The molecule has 2 aromatic carbocycles. The van der Waals surface area contributed by atoms with Gasteiger partial charge in [-0.05, 0) is 17.7 Å². The summed E-state index contributed by atoms with van der Waals surface area (Å²) in [4.78, 5) is 11.7. The molecule has 5 heteroatoms. The molecular weight excluding hydrogens is 261 g/mol. The monoisotopic (exact) mass is 275 g/mol. The van der Waals surface area contributed by atoms with Gasteiger partial charge in [0, 0.05) is 6.07 Å². The molecule has 0 bridgehead atoms. The van der Waals surface area contributed by atoms with Gasteiger partial charge in [-0.1, -0.05) is 30.3 Å². The highest BCUT2D eigenvalue weighted by molar-refractivity contribution is 5.91. The third-order valence-corrected chi connectivity index (χ3v) is 2.79. The molecule has 0 fully saturated rings. The lowest BCUT2D eigenvalue weighted by Gasteiger charge is -2.11. The van der Waals surface area contributed by atoms with Gasteiger partial charge >= 0.3 is 0 Å². The number of carbonyl (C=O) groups excluding carboxylic acids is 1. The van der Waals surface area contributed by atoms with Gasteiger partial charge in [-0.15, -0.1) is 0 Å². The number of benzene rings is 2. The number of aromatic hydroxyl groups is 1. The fraction of sp³-hybridized carbons (Fsp3) is 0.133. The lowest BCUT2D eigenvalue weighted by atomic mass is 10.1. The van der Waals surface area contributed by atoms with E-state index in [0.29, 0.717) is 5.56 Å². The zero-order valence-electron chi connectivity index (χ0n) is 10.6. The standard InChI is InChI=1S/C15H14FNO3/c16-12-8-11(18)6-7-13(12)17-15(20)9-14(19)10-4-2-1-3-5-10/h1-8,14,18-19H,9H2,(H,17,20)/t14-/m1/s1. The average Bonchev–Trinajstić information content (AvgIpc) is 2.43. The largest absolute Gasteiger partial charge is 0.508 e. The van der Waals surface area contributed by atoms with Gasteiger partial charge < -0.3 is 15.5 Å². The summed E-state index contributed by atoms with van der Waals surface area (Å²) in [6, 6.07) is 12.2. The minimum atomic E-state index is -0.948. The van der Waals surface area contributed by atoms with Crippen LogP contribution in [0.2, 0.25) is 0 Å². The molecule has 20 heavy (non-hydrogen) atoms. The Balaban J connectivity index is 1.99. The Kier molecular flexibility index (Phi) is 4.32. The number of aliphatic hydroxyl groups is 1. The number of aliphatic hydroxyl groups excluding tert-OH is 1. The maximum Gasteiger partial charge on any atom is 0.227 e. The molecule has 104 valence electrons. The summed E-state index contributed by atoms with van der Waals surface area (Å²) in [5.41, 5.74) is 0.585. The molecule has 0 radical (unpaired) electrons. The van der Waals surface area contributed by atoms with Crippen LogP contribution in [0, 0.1) is 5.82 Å². The van der Waals surface area contributed by atoms with E-state index in [1.54, 1.807) is 24.3 Å². The van der Waals surface area contributed by atoms with Gasteiger partial charge in [0.1, 0.15) is 11.6 Å². The van der Waals surface area contributed by atoms with Crippen molar-refractivity contribution in [1.82, 2.24) is 0 Å². The molecule has 3 N–H and O–H groups in total. The number of carbonyl (C=O) groups is 1. The van der Waals surface area contributed by atoms with Crippen LogP contribution >= 0.6 is 0 Å². The van der Waals surface area contributed by atoms with Crippen LogP contribution in [-0.4, -0.2) is 16.1 Å². The number of halogens is 1. The number of nitrogens with one attached hydrogen (secondary N) is 1.